The first kappa shape index (κ1) is 20.6. The lowest BCUT2D eigenvalue weighted by atomic mass is 9.92. The van der Waals surface area contributed by atoms with Crippen LogP contribution in [0.25, 0.3) is 0 Å². The quantitative estimate of drug-likeness (QED) is 0.691. The van der Waals surface area contributed by atoms with Crippen LogP contribution in [0.2, 0.25) is 0 Å². The van der Waals surface area contributed by atoms with Gasteiger partial charge in [0.05, 0.1) is 0 Å². The van der Waals surface area contributed by atoms with Crippen molar-refractivity contribution in [2.24, 2.45) is 11.7 Å². The van der Waals surface area contributed by atoms with E-state index in [1.165, 1.54) is 5.56 Å². The van der Waals surface area contributed by atoms with E-state index in [9.17, 15) is 9.59 Å². The molecule has 0 radical (unpaired) electrons. The molecule has 0 aromatic heterocycles. The maximum atomic E-state index is 12.6. The molecule has 0 fully saturated rings. The van der Waals surface area contributed by atoms with Crippen molar-refractivity contribution in [2.75, 3.05) is 0 Å². The number of carbonyl (C=O) groups excluding carboxylic acids is 2. The fourth-order valence-corrected chi connectivity index (χ4v) is 3.10. The molecule has 0 spiro atoms. The van der Waals surface area contributed by atoms with E-state index in [1.54, 1.807) is 0 Å². The van der Waals surface area contributed by atoms with Crippen LogP contribution >= 0.6 is 0 Å². The van der Waals surface area contributed by atoms with E-state index < -0.39 is 18.0 Å². The van der Waals surface area contributed by atoms with Gasteiger partial charge in [0.25, 0.3) is 0 Å². The average Bonchev–Trinajstić information content (AvgIpc) is 2.62. The van der Waals surface area contributed by atoms with Crippen LogP contribution in [0.1, 0.15) is 62.4 Å². The Kier molecular flexibility index (Phi) is 7.13. The second kappa shape index (κ2) is 9.33. The molecule has 5 nitrogen and oxygen atoms in total. The number of amides is 3. The average molecular weight is 367 g/mol. The lowest BCUT2D eigenvalue weighted by Gasteiger charge is -2.28. The molecule has 0 bridgehead atoms. The third-order valence-corrected chi connectivity index (χ3v) is 4.62. The van der Waals surface area contributed by atoms with Crippen molar-refractivity contribution < 1.29 is 9.59 Å². The van der Waals surface area contributed by atoms with Crippen LogP contribution in [0.5, 0.6) is 0 Å². The van der Waals surface area contributed by atoms with E-state index in [0.717, 1.165) is 11.1 Å². The minimum atomic E-state index is -0.856. The Morgan fingerprint density at radius 3 is 1.85 bits per heavy atom. The fraction of sp³-hybridized carbons (Fsp3) is 0.364. The molecule has 144 valence electrons. The number of nitrogens with one attached hydrogen (secondary N) is 2. The van der Waals surface area contributed by atoms with Gasteiger partial charge >= 0.3 is 6.03 Å². The van der Waals surface area contributed by atoms with Crippen molar-refractivity contribution in [1.82, 2.24) is 10.6 Å². The summed E-state index contributed by atoms with van der Waals surface area (Å²) in [4.78, 5) is 23.8. The van der Waals surface area contributed by atoms with Crippen LogP contribution in [-0.4, -0.2) is 11.9 Å². The maximum absolute atomic E-state index is 12.6. The molecule has 0 aliphatic rings. The van der Waals surface area contributed by atoms with Crippen molar-refractivity contribution in [3.63, 3.8) is 0 Å². The number of imide groups is 1. The number of carbonyl (C=O) groups is 2. The Labute approximate surface area is 161 Å². The third-order valence-electron chi connectivity index (χ3n) is 4.62. The lowest BCUT2D eigenvalue weighted by molar-refractivity contribution is -0.122. The first-order valence-electron chi connectivity index (χ1n) is 9.30. The Balaban J connectivity index is 2.33. The van der Waals surface area contributed by atoms with Gasteiger partial charge in [-0.3, -0.25) is 15.4 Å². The Hall–Kier alpha value is -2.66. The van der Waals surface area contributed by atoms with E-state index in [1.807, 2.05) is 30.3 Å². The molecule has 0 aliphatic carbocycles. The zero-order valence-electron chi connectivity index (χ0n) is 16.4. The van der Waals surface area contributed by atoms with Gasteiger partial charge in [0, 0.05) is 6.04 Å². The van der Waals surface area contributed by atoms with Gasteiger partial charge in [-0.05, 0) is 28.5 Å². The SMILES string of the molecule is CC(C)c1ccc([C@@H](N[C@@H](C(=O)NC(N)=O)c2ccccc2)C(C)C)cc1. The molecule has 5 heteroatoms. The molecule has 0 saturated heterocycles. The van der Waals surface area contributed by atoms with Crippen molar-refractivity contribution in [3.8, 4) is 0 Å². The summed E-state index contributed by atoms with van der Waals surface area (Å²) in [5.41, 5.74) is 8.31. The molecular weight excluding hydrogens is 338 g/mol. The standard InChI is InChI=1S/C22H29N3O2/c1-14(2)16-10-12-18(13-11-16)19(15(3)4)24-20(21(26)25-22(23)27)17-8-6-5-7-9-17/h5-15,19-20,24H,1-4H3,(H3,23,25,26,27)/t19-,20+/m0/s1. The van der Waals surface area contributed by atoms with Crippen molar-refractivity contribution in [2.45, 2.75) is 45.7 Å². The Bertz CT molecular complexity index is 755. The highest BCUT2D eigenvalue weighted by Crippen LogP contribution is 2.27. The molecule has 3 amide bonds. The predicted octanol–water partition coefficient (Wildman–Crippen LogP) is 4.03. The number of primary amides is 1. The van der Waals surface area contributed by atoms with Crippen LogP contribution in [0.4, 0.5) is 4.79 Å². The summed E-state index contributed by atoms with van der Waals surface area (Å²) in [7, 11) is 0. The van der Waals surface area contributed by atoms with Gasteiger partial charge in [-0.1, -0.05) is 82.3 Å². The van der Waals surface area contributed by atoms with Gasteiger partial charge in [0.2, 0.25) is 5.91 Å². The number of nitrogens with two attached hydrogens (primary N) is 1. The van der Waals surface area contributed by atoms with Gasteiger partial charge in [-0.2, -0.15) is 0 Å². The molecule has 2 aromatic rings. The van der Waals surface area contributed by atoms with E-state index in [4.69, 9.17) is 5.73 Å². The Morgan fingerprint density at radius 2 is 1.37 bits per heavy atom. The highest BCUT2D eigenvalue weighted by atomic mass is 16.2. The molecule has 0 heterocycles. The first-order chi connectivity index (χ1) is 12.8. The maximum Gasteiger partial charge on any atom is 0.318 e. The predicted molar refractivity (Wildman–Crippen MR) is 108 cm³/mol. The Morgan fingerprint density at radius 1 is 0.815 bits per heavy atom. The minimum Gasteiger partial charge on any atom is -0.351 e. The smallest absolute Gasteiger partial charge is 0.318 e. The second-order valence-electron chi connectivity index (χ2n) is 7.41. The summed E-state index contributed by atoms with van der Waals surface area (Å²) in [6, 6.07) is 16.2. The topological polar surface area (TPSA) is 84.2 Å². The van der Waals surface area contributed by atoms with Gasteiger partial charge in [-0.25, -0.2) is 4.79 Å². The first-order valence-corrected chi connectivity index (χ1v) is 9.30. The van der Waals surface area contributed by atoms with Gasteiger partial charge in [-0.15, -0.1) is 0 Å². The fourth-order valence-electron chi connectivity index (χ4n) is 3.10. The lowest BCUT2D eigenvalue weighted by Crippen LogP contribution is -2.44. The molecule has 2 rings (SSSR count). The number of urea groups is 1. The third kappa shape index (κ3) is 5.66. The van der Waals surface area contributed by atoms with Crippen LogP contribution < -0.4 is 16.4 Å². The zero-order valence-corrected chi connectivity index (χ0v) is 16.4. The zero-order chi connectivity index (χ0) is 20.0. The van der Waals surface area contributed by atoms with Crippen LogP contribution in [0.3, 0.4) is 0 Å². The molecule has 0 saturated carbocycles. The summed E-state index contributed by atoms with van der Waals surface area (Å²) < 4.78 is 0. The molecule has 0 aliphatic heterocycles. The molecule has 2 aromatic carbocycles. The van der Waals surface area contributed by atoms with Gasteiger partial charge in [0.15, 0.2) is 0 Å². The largest absolute Gasteiger partial charge is 0.351 e. The number of hydrogen-bond acceptors (Lipinski definition) is 3. The molecule has 2 atom stereocenters. The van der Waals surface area contributed by atoms with Gasteiger partial charge in [0.1, 0.15) is 6.04 Å². The van der Waals surface area contributed by atoms with Crippen LogP contribution in [0.15, 0.2) is 54.6 Å². The van der Waals surface area contributed by atoms with E-state index in [2.05, 4.69) is 62.6 Å². The summed E-state index contributed by atoms with van der Waals surface area (Å²) in [6.45, 7) is 8.52. The van der Waals surface area contributed by atoms with Crippen molar-refractivity contribution in [3.05, 3.63) is 71.3 Å². The normalized spacial score (nSPS) is 13.4. The van der Waals surface area contributed by atoms with Crippen molar-refractivity contribution in [1.29, 1.82) is 0 Å². The monoisotopic (exact) mass is 367 g/mol. The van der Waals surface area contributed by atoms with E-state index in [-0.39, 0.29) is 12.0 Å². The highest BCUT2D eigenvalue weighted by Gasteiger charge is 2.27. The summed E-state index contributed by atoms with van der Waals surface area (Å²) in [5.74, 6) is 0.239. The molecule has 4 N–H and O–H groups in total. The minimum absolute atomic E-state index is 0.0601. The molecule has 0 unspecified atom stereocenters. The van der Waals surface area contributed by atoms with E-state index in [0.29, 0.717) is 5.92 Å². The summed E-state index contributed by atoms with van der Waals surface area (Å²) >= 11 is 0. The van der Waals surface area contributed by atoms with Crippen molar-refractivity contribution >= 4 is 11.9 Å². The summed E-state index contributed by atoms with van der Waals surface area (Å²) in [5, 5.41) is 5.62. The highest BCUT2D eigenvalue weighted by molar-refractivity contribution is 5.96. The number of rotatable bonds is 7. The van der Waals surface area contributed by atoms with E-state index >= 15 is 0 Å². The second-order valence-corrected chi connectivity index (χ2v) is 7.41. The van der Waals surface area contributed by atoms with Gasteiger partial charge < -0.3 is 5.73 Å². The van der Waals surface area contributed by atoms with Crippen LogP contribution in [0, 0.1) is 5.92 Å². The van der Waals surface area contributed by atoms with Crippen LogP contribution in [-0.2, 0) is 4.79 Å². The summed E-state index contributed by atoms with van der Waals surface area (Å²) in [6.07, 6.45) is 0. The number of benzene rings is 2. The molecule has 27 heavy (non-hydrogen) atoms. The molecular formula is C22H29N3O2. The number of hydrogen-bond donors (Lipinski definition) is 3.